The smallest absolute Gasteiger partial charge is 0.308 e. The summed E-state index contributed by atoms with van der Waals surface area (Å²) < 4.78 is 23.8. The highest BCUT2D eigenvalue weighted by atomic mass is 19.1. The number of methoxy groups -OCH3 is 1. The van der Waals surface area contributed by atoms with Crippen LogP contribution in [0.2, 0.25) is 0 Å². The predicted molar refractivity (Wildman–Crippen MR) is 97.7 cm³/mol. The lowest BCUT2D eigenvalue weighted by molar-refractivity contribution is -0.141. The first-order valence-corrected chi connectivity index (χ1v) is 8.50. The summed E-state index contributed by atoms with van der Waals surface area (Å²) in [5.74, 6) is -2.11. The van der Waals surface area contributed by atoms with Gasteiger partial charge in [0.15, 0.2) is 0 Å². The normalized spacial score (nSPS) is 11.5. The Morgan fingerprint density at radius 3 is 2.48 bits per heavy atom. The number of carbonyl (C=O) groups excluding carboxylic acids is 1. The van der Waals surface area contributed by atoms with Crippen LogP contribution in [0.5, 0.6) is 11.5 Å². The van der Waals surface area contributed by atoms with Crippen molar-refractivity contribution in [2.45, 2.75) is 13.3 Å². The molecule has 0 fully saturated rings. The van der Waals surface area contributed by atoms with Crippen molar-refractivity contribution in [1.29, 1.82) is 0 Å². The Kier molecular flexibility index (Phi) is 7.16. The second kappa shape index (κ2) is 9.56. The van der Waals surface area contributed by atoms with Gasteiger partial charge in [-0.1, -0.05) is 12.1 Å². The number of hydrogen-bond donors (Lipinski definition) is 2. The monoisotopic (exact) mass is 375 g/mol. The van der Waals surface area contributed by atoms with Gasteiger partial charge in [0.2, 0.25) is 0 Å². The zero-order valence-corrected chi connectivity index (χ0v) is 15.2. The number of carbonyl (C=O) groups is 2. The molecule has 0 bridgehead atoms. The molecule has 0 heterocycles. The highest BCUT2D eigenvalue weighted by Gasteiger charge is 2.21. The molecule has 2 rings (SSSR count). The molecule has 2 aromatic rings. The third-order valence-corrected chi connectivity index (χ3v) is 3.98. The molecular formula is C20H22FNO5. The summed E-state index contributed by atoms with van der Waals surface area (Å²) >= 11 is 0. The Labute approximate surface area is 156 Å². The zero-order chi connectivity index (χ0) is 19.8. The van der Waals surface area contributed by atoms with E-state index in [0.717, 1.165) is 11.6 Å². The molecule has 0 aliphatic rings. The van der Waals surface area contributed by atoms with Crippen LogP contribution >= 0.6 is 0 Å². The van der Waals surface area contributed by atoms with Gasteiger partial charge in [-0.15, -0.1) is 0 Å². The number of ether oxygens (including phenoxy) is 2. The van der Waals surface area contributed by atoms with Crippen LogP contribution in [0.15, 0.2) is 42.5 Å². The van der Waals surface area contributed by atoms with Crippen LogP contribution in [0.1, 0.15) is 22.8 Å². The first-order valence-electron chi connectivity index (χ1n) is 8.50. The average molecular weight is 375 g/mol. The number of amides is 1. The average Bonchev–Trinajstić information content (AvgIpc) is 2.66. The van der Waals surface area contributed by atoms with Gasteiger partial charge in [0, 0.05) is 6.54 Å². The number of carboxylic acids is 1. The van der Waals surface area contributed by atoms with Crippen molar-refractivity contribution in [3.63, 3.8) is 0 Å². The summed E-state index contributed by atoms with van der Waals surface area (Å²) in [7, 11) is 1.37. The van der Waals surface area contributed by atoms with E-state index < -0.39 is 23.6 Å². The molecule has 0 saturated carbocycles. The first kappa shape index (κ1) is 20.2. The van der Waals surface area contributed by atoms with E-state index in [4.69, 9.17) is 9.47 Å². The largest absolute Gasteiger partial charge is 0.496 e. The van der Waals surface area contributed by atoms with E-state index in [9.17, 15) is 19.1 Å². The molecule has 0 spiro atoms. The van der Waals surface area contributed by atoms with Crippen LogP contribution in [-0.4, -0.2) is 37.2 Å². The number of benzene rings is 2. The Hall–Kier alpha value is -3.09. The van der Waals surface area contributed by atoms with Crippen molar-refractivity contribution < 1.29 is 28.6 Å². The molecular weight excluding hydrogens is 353 g/mol. The quantitative estimate of drug-likeness (QED) is 0.704. The molecule has 0 aliphatic heterocycles. The maximum Gasteiger partial charge on any atom is 0.308 e. The van der Waals surface area contributed by atoms with E-state index in [2.05, 4.69) is 5.32 Å². The van der Waals surface area contributed by atoms with Crippen molar-refractivity contribution in [3.05, 3.63) is 59.4 Å². The lowest BCUT2D eigenvalue weighted by atomic mass is 9.99. The van der Waals surface area contributed by atoms with Crippen molar-refractivity contribution in [3.8, 4) is 11.5 Å². The summed E-state index contributed by atoms with van der Waals surface area (Å²) in [6.07, 6.45) is 0.238. The molecule has 0 aromatic heterocycles. The predicted octanol–water partition coefficient (Wildman–Crippen LogP) is 2.91. The van der Waals surface area contributed by atoms with Crippen LogP contribution in [0.4, 0.5) is 4.39 Å². The Bertz CT molecular complexity index is 791. The molecule has 2 N–H and O–H groups in total. The van der Waals surface area contributed by atoms with Gasteiger partial charge in [0.25, 0.3) is 5.91 Å². The molecule has 1 unspecified atom stereocenters. The third kappa shape index (κ3) is 5.70. The van der Waals surface area contributed by atoms with Crippen molar-refractivity contribution in [2.75, 3.05) is 20.3 Å². The summed E-state index contributed by atoms with van der Waals surface area (Å²) in [5, 5.41) is 12.0. The first-order chi connectivity index (χ1) is 12.9. The molecule has 6 nitrogen and oxygen atoms in total. The molecule has 0 saturated heterocycles. The molecule has 144 valence electrons. The fourth-order valence-corrected chi connectivity index (χ4v) is 2.59. The van der Waals surface area contributed by atoms with Crippen LogP contribution in [0, 0.1) is 11.7 Å². The van der Waals surface area contributed by atoms with Crippen molar-refractivity contribution in [1.82, 2.24) is 5.32 Å². The van der Waals surface area contributed by atoms with Crippen molar-refractivity contribution in [2.24, 2.45) is 5.92 Å². The zero-order valence-electron chi connectivity index (χ0n) is 15.2. The van der Waals surface area contributed by atoms with Gasteiger partial charge in [-0.25, -0.2) is 4.39 Å². The maximum absolute atomic E-state index is 13.4. The minimum absolute atomic E-state index is 0.0164. The van der Waals surface area contributed by atoms with Gasteiger partial charge in [0.05, 0.1) is 25.2 Å². The van der Waals surface area contributed by atoms with E-state index in [0.29, 0.717) is 12.4 Å². The van der Waals surface area contributed by atoms with Gasteiger partial charge >= 0.3 is 5.97 Å². The number of hydrogen-bond acceptors (Lipinski definition) is 4. The molecule has 7 heteroatoms. The van der Waals surface area contributed by atoms with E-state index >= 15 is 0 Å². The van der Waals surface area contributed by atoms with Gasteiger partial charge in [-0.2, -0.15) is 0 Å². The van der Waals surface area contributed by atoms with Gasteiger partial charge in [-0.05, 0) is 49.2 Å². The maximum atomic E-state index is 13.4. The minimum atomic E-state index is -1.03. The number of rotatable bonds is 9. The fraction of sp³-hybridized carbons (Fsp3) is 0.300. The second-order valence-electron chi connectivity index (χ2n) is 5.87. The van der Waals surface area contributed by atoms with Crippen LogP contribution in [0.3, 0.4) is 0 Å². The minimum Gasteiger partial charge on any atom is -0.496 e. The topological polar surface area (TPSA) is 84.9 Å². The lowest BCUT2D eigenvalue weighted by Gasteiger charge is -2.15. The van der Waals surface area contributed by atoms with E-state index in [1.165, 1.54) is 19.2 Å². The number of nitrogens with one attached hydrogen (secondary N) is 1. The Balaban J connectivity index is 2.03. The fourth-order valence-electron chi connectivity index (χ4n) is 2.59. The Morgan fingerprint density at radius 1 is 1.19 bits per heavy atom. The highest BCUT2D eigenvalue weighted by molar-refractivity contribution is 5.97. The van der Waals surface area contributed by atoms with Crippen molar-refractivity contribution >= 4 is 11.9 Å². The van der Waals surface area contributed by atoms with Crippen LogP contribution in [-0.2, 0) is 11.2 Å². The van der Waals surface area contributed by atoms with Gasteiger partial charge < -0.3 is 19.9 Å². The SMILES string of the molecule is CCOc1ccc(CC(CNC(=O)c2cc(F)ccc2OC)C(=O)O)cc1. The molecule has 27 heavy (non-hydrogen) atoms. The van der Waals surface area contributed by atoms with Gasteiger partial charge in [0.1, 0.15) is 17.3 Å². The summed E-state index contributed by atoms with van der Waals surface area (Å²) in [6.45, 7) is 2.33. The second-order valence-corrected chi connectivity index (χ2v) is 5.87. The standard InChI is InChI=1S/C20H22FNO5/c1-3-27-16-7-4-13(5-8-16)10-14(20(24)25)12-22-19(23)17-11-15(21)6-9-18(17)26-2/h4-9,11,14H,3,10,12H2,1-2H3,(H,22,23)(H,24,25). The molecule has 0 radical (unpaired) electrons. The summed E-state index contributed by atoms with van der Waals surface area (Å²) in [6, 6.07) is 10.7. The molecule has 0 aliphatic carbocycles. The lowest BCUT2D eigenvalue weighted by Crippen LogP contribution is -2.34. The Morgan fingerprint density at radius 2 is 1.89 bits per heavy atom. The summed E-state index contributed by atoms with van der Waals surface area (Å²) in [5.41, 5.74) is 0.825. The van der Waals surface area contributed by atoms with Crippen LogP contribution < -0.4 is 14.8 Å². The van der Waals surface area contributed by atoms with E-state index in [1.807, 2.05) is 6.92 Å². The number of halogens is 1. The summed E-state index contributed by atoms with van der Waals surface area (Å²) in [4.78, 5) is 23.8. The third-order valence-electron chi connectivity index (χ3n) is 3.98. The van der Waals surface area contributed by atoms with E-state index in [-0.39, 0.29) is 24.3 Å². The van der Waals surface area contributed by atoms with Crippen LogP contribution in [0.25, 0.3) is 0 Å². The number of aliphatic carboxylic acids is 1. The highest BCUT2D eigenvalue weighted by Crippen LogP contribution is 2.20. The molecule has 1 amide bonds. The van der Waals surface area contributed by atoms with E-state index in [1.54, 1.807) is 24.3 Å². The number of carboxylic acid groups (broad SMARTS) is 1. The molecule has 1 atom stereocenters. The van der Waals surface area contributed by atoms with Gasteiger partial charge in [-0.3, -0.25) is 9.59 Å². The molecule has 2 aromatic carbocycles.